The molecule has 0 spiro atoms. The molecule has 0 unspecified atom stereocenters. The highest BCUT2D eigenvalue weighted by molar-refractivity contribution is 7.92. The molecule has 0 radical (unpaired) electrons. The number of benzene rings is 3. The number of hydrogen-bond donors (Lipinski definition) is 1. The number of carbonyl (C=O) groups excluding carboxylic acids is 2. The summed E-state index contributed by atoms with van der Waals surface area (Å²) in [6.45, 7) is 2.96. The standard InChI is InChI=1S/C27H28Cl3N3O4S/c1-4-24(27(35)31-3)32(16-19-9-10-21(29)15-23(19)30)26(34)17-33(25-8-6-5-7-18(25)2)38(36,37)22-13-11-20(28)12-14-22/h5-15,24H,4,16-17H2,1-3H3,(H,31,35)/t24-/m0/s1. The summed E-state index contributed by atoms with van der Waals surface area (Å²) in [4.78, 5) is 28.0. The molecule has 11 heteroatoms. The van der Waals surface area contributed by atoms with Crippen LogP contribution in [-0.4, -0.2) is 44.8 Å². The van der Waals surface area contributed by atoms with Gasteiger partial charge >= 0.3 is 0 Å². The zero-order valence-corrected chi connectivity index (χ0v) is 24.2. The van der Waals surface area contributed by atoms with Gasteiger partial charge in [0, 0.05) is 28.7 Å². The van der Waals surface area contributed by atoms with Crippen molar-refractivity contribution >= 4 is 62.3 Å². The lowest BCUT2D eigenvalue weighted by molar-refractivity contribution is -0.140. The van der Waals surface area contributed by atoms with Crippen molar-refractivity contribution in [1.82, 2.24) is 10.2 Å². The van der Waals surface area contributed by atoms with Crippen LogP contribution in [0, 0.1) is 6.92 Å². The summed E-state index contributed by atoms with van der Waals surface area (Å²) < 4.78 is 28.7. The number of halogens is 3. The number of aryl methyl sites for hydroxylation is 1. The van der Waals surface area contributed by atoms with Gasteiger partial charge in [0.2, 0.25) is 11.8 Å². The predicted molar refractivity (Wildman–Crippen MR) is 152 cm³/mol. The zero-order valence-electron chi connectivity index (χ0n) is 21.1. The second-order valence-electron chi connectivity index (χ2n) is 8.55. The number of para-hydroxylation sites is 1. The molecule has 0 aliphatic heterocycles. The highest BCUT2D eigenvalue weighted by Gasteiger charge is 2.34. The topological polar surface area (TPSA) is 86.8 Å². The van der Waals surface area contributed by atoms with Gasteiger partial charge in [0.05, 0.1) is 10.6 Å². The molecule has 0 bridgehead atoms. The van der Waals surface area contributed by atoms with Crippen LogP contribution in [0.2, 0.25) is 15.1 Å². The van der Waals surface area contributed by atoms with Crippen molar-refractivity contribution in [3.05, 3.63) is 92.9 Å². The molecule has 0 aliphatic carbocycles. The summed E-state index contributed by atoms with van der Waals surface area (Å²) in [5.41, 5.74) is 1.56. The lowest BCUT2D eigenvalue weighted by Gasteiger charge is -2.33. The molecule has 0 aromatic heterocycles. The number of rotatable bonds is 10. The van der Waals surface area contributed by atoms with Crippen molar-refractivity contribution in [1.29, 1.82) is 0 Å². The van der Waals surface area contributed by atoms with E-state index in [1.165, 1.54) is 36.2 Å². The molecule has 202 valence electrons. The molecule has 3 aromatic rings. The first kappa shape index (κ1) is 29.8. The van der Waals surface area contributed by atoms with E-state index in [4.69, 9.17) is 34.8 Å². The third-order valence-corrected chi connectivity index (χ3v) is 8.67. The van der Waals surface area contributed by atoms with Gasteiger partial charge in [-0.2, -0.15) is 0 Å². The Labute approximate surface area is 238 Å². The minimum Gasteiger partial charge on any atom is -0.357 e. The van der Waals surface area contributed by atoms with Crippen molar-refractivity contribution in [2.24, 2.45) is 0 Å². The van der Waals surface area contributed by atoms with Crippen LogP contribution in [0.15, 0.2) is 71.6 Å². The normalized spacial score (nSPS) is 12.1. The van der Waals surface area contributed by atoms with Gasteiger partial charge in [0.25, 0.3) is 10.0 Å². The highest BCUT2D eigenvalue weighted by atomic mass is 35.5. The Balaban J connectivity index is 2.09. The average molecular weight is 597 g/mol. The monoisotopic (exact) mass is 595 g/mol. The fourth-order valence-corrected chi connectivity index (χ4v) is 6.08. The third-order valence-electron chi connectivity index (χ3n) is 6.05. The summed E-state index contributed by atoms with van der Waals surface area (Å²) in [5, 5.41) is 3.72. The summed E-state index contributed by atoms with van der Waals surface area (Å²) >= 11 is 18.4. The lowest BCUT2D eigenvalue weighted by atomic mass is 10.1. The molecule has 0 saturated heterocycles. The quantitative estimate of drug-likeness (QED) is 0.325. The number of carbonyl (C=O) groups is 2. The van der Waals surface area contributed by atoms with E-state index in [0.717, 1.165) is 4.31 Å². The number of anilines is 1. The van der Waals surface area contributed by atoms with Gasteiger partial charge in [-0.1, -0.05) is 66.0 Å². The first-order valence-corrected chi connectivity index (χ1v) is 14.4. The fraction of sp³-hybridized carbons (Fsp3) is 0.259. The largest absolute Gasteiger partial charge is 0.357 e. The molecule has 0 heterocycles. The average Bonchev–Trinajstić information content (AvgIpc) is 2.88. The first-order chi connectivity index (χ1) is 18.0. The molecular weight excluding hydrogens is 569 g/mol. The Morgan fingerprint density at radius 2 is 1.58 bits per heavy atom. The van der Waals surface area contributed by atoms with Crippen LogP contribution in [-0.2, 0) is 26.2 Å². The van der Waals surface area contributed by atoms with E-state index in [1.807, 2.05) is 0 Å². The smallest absolute Gasteiger partial charge is 0.264 e. The van der Waals surface area contributed by atoms with Crippen LogP contribution in [0.1, 0.15) is 24.5 Å². The van der Waals surface area contributed by atoms with E-state index >= 15 is 0 Å². The van der Waals surface area contributed by atoms with Crippen LogP contribution in [0.5, 0.6) is 0 Å². The zero-order chi connectivity index (χ0) is 28.0. The van der Waals surface area contributed by atoms with Crippen LogP contribution < -0.4 is 9.62 Å². The van der Waals surface area contributed by atoms with Crippen LogP contribution in [0.4, 0.5) is 5.69 Å². The third kappa shape index (κ3) is 6.80. The number of amides is 2. The highest BCUT2D eigenvalue weighted by Crippen LogP contribution is 2.29. The Kier molecular flexibility index (Phi) is 10.1. The van der Waals surface area contributed by atoms with E-state index in [0.29, 0.717) is 38.3 Å². The van der Waals surface area contributed by atoms with Crippen molar-refractivity contribution in [3.8, 4) is 0 Å². The Hall–Kier alpha value is -2.78. The van der Waals surface area contributed by atoms with E-state index in [-0.39, 0.29) is 17.3 Å². The maximum Gasteiger partial charge on any atom is 0.264 e. The van der Waals surface area contributed by atoms with Gasteiger partial charge in [-0.3, -0.25) is 13.9 Å². The maximum atomic E-state index is 13.9. The molecule has 0 fully saturated rings. The first-order valence-electron chi connectivity index (χ1n) is 11.8. The van der Waals surface area contributed by atoms with Gasteiger partial charge in [-0.25, -0.2) is 8.42 Å². The van der Waals surface area contributed by atoms with Gasteiger partial charge in [0.1, 0.15) is 12.6 Å². The Morgan fingerprint density at radius 3 is 2.16 bits per heavy atom. The number of hydrogen-bond acceptors (Lipinski definition) is 4. The summed E-state index contributed by atoms with van der Waals surface area (Å²) in [5.74, 6) is -0.957. The second-order valence-corrected chi connectivity index (χ2v) is 11.7. The number of nitrogens with zero attached hydrogens (tertiary/aromatic N) is 2. The molecule has 7 nitrogen and oxygen atoms in total. The molecule has 1 atom stereocenters. The maximum absolute atomic E-state index is 13.9. The van der Waals surface area contributed by atoms with Crippen molar-refractivity contribution < 1.29 is 18.0 Å². The van der Waals surface area contributed by atoms with Crippen molar-refractivity contribution in [2.75, 3.05) is 17.9 Å². The van der Waals surface area contributed by atoms with E-state index < -0.39 is 28.5 Å². The van der Waals surface area contributed by atoms with Crippen molar-refractivity contribution in [2.45, 2.75) is 37.8 Å². The SMILES string of the molecule is CC[C@@H](C(=O)NC)N(Cc1ccc(Cl)cc1Cl)C(=O)CN(c1ccccc1C)S(=O)(=O)c1ccc(Cl)cc1. The molecule has 1 N–H and O–H groups in total. The lowest BCUT2D eigenvalue weighted by Crippen LogP contribution is -2.51. The van der Waals surface area contributed by atoms with Gasteiger partial charge < -0.3 is 10.2 Å². The van der Waals surface area contributed by atoms with E-state index in [2.05, 4.69) is 5.32 Å². The predicted octanol–water partition coefficient (Wildman–Crippen LogP) is 5.70. The molecule has 0 saturated carbocycles. The molecule has 3 aromatic carbocycles. The summed E-state index contributed by atoms with van der Waals surface area (Å²) in [6, 6.07) is 16.6. The molecule has 0 aliphatic rings. The minimum atomic E-state index is -4.18. The van der Waals surface area contributed by atoms with Crippen molar-refractivity contribution in [3.63, 3.8) is 0 Å². The van der Waals surface area contributed by atoms with Crippen LogP contribution in [0.25, 0.3) is 0 Å². The number of sulfonamides is 1. The summed E-state index contributed by atoms with van der Waals surface area (Å²) in [6.07, 6.45) is 0.297. The fourth-order valence-electron chi connectivity index (χ4n) is 4.01. The van der Waals surface area contributed by atoms with Crippen LogP contribution in [0.3, 0.4) is 0 Å². The van der Waals surface area contributed by atoms with Gasteiger partial charge in [-0.05, 0) is 66.9 Å². The minimum absolute atomic E-state index is 0.0244. The number of nitrogens with one attached hydrogen (secondary N) is 1. The molecule has 2 amide bonds. The molecular formula is C27H28Cl3N3O4S. The van der Waals surface area contributed by atoms with E-state index in [1.54, 1.807) is 56.3 Å². The van der Waals surface area contributed by atoms with Gasteiger partial charge in [0.15, 0.2) is 0 Å². The Morgan fingerprint density at radius 1 is 0.947 bits per heavy atom. The van der Waals surface area contributed by atoms with E-state index in [9.17, 15) is 18.0 Å². The second kappa shape index (κ2) is 12.8. The molecule has 38 heavy (non-hydrogen) atoms. The Bertz CT molecular complexity index is 1420. The van der Waals surface area contributed by atoms with Crippen LogP contribution >= 0.6 is 34.8 Å². The van der Waals surface area contributed by atoms with Gasteiger partial charge in [-0.15, -0.1) is 0 Å². The molecule has 3 rings (SSSR count). The number of likely N-dealkylation sites (N-methyl/N-ethyl adjacent to an activating group) is 1. The summed E-state index contributed by atoms with van der Waals surface area (Å²) in [7, 11) is -2.70.